The highest BCUT2D eigenvalue weighted by atomic mass is 14.9. The molecule has 0 fully saturated rings. The summed E-state index contributed by atoms with van der Waals surface area (Å²) >= 11 is 0. The highest BCUT2D eigenvalue weighted by Crippen LogP contribution is 2.32. The lowest BCUT2D eigenvalue weighted by Crippen LogP contribution is -2.26. The first-order valence-electron chi connectivity index (χ1n) is 7.19. The van der Waals surface area contributed by atoms with Crippen molar-refractivity contribution in [3.8, 4) is 0 Å². The second-order valence-corrected chi connectivity index (χ2v) is 6.58. The maximum Gasteiger partial charge on any atom is 0.0325 e. The minimum Gasteiger partial charge on any atom is -0.310 e. The van der Waals surface area contributed by atoms with Crippen LogP contribution in [0.2, 0.25) is 0 Å². The van der Waals surface area contributed by atoms with Crippen LogP contribution in [0.5, 0.6) is 0 Å². The molecule has 102 valence electrons. The van der Waals surface area contributed by atoms with E-state index in [1.54, 1.807) is 0 Å². The molecule has 0 spiro atoms. The zero-order chi connectivity index (χ0) is 13.8. The van der Waals surface area contributed by atoms with Crippen molar-refractivity contribution in [3.63, 3.8) is 0 Å². The van der Waals surface area contributed by atoms with Crippen molar-refractivity contribution in [1.29, 1.82) is 0 Å². The van der Waals surface area contributed by atoms with Gasteiger partial charge in [0.1, 0.15) is 0 Å². The Morgan fingerprint density at radius 2 is 1.72 bits per heavy atom. The molecule has 0 aromatic heterocycles. The fourth-order valence-electron chi connectivity index (χ4n) is 2.52. The summed E-state index contributed by atoms with van der Waals surface area (Å²) in [5, 5.41) is 3.64. The molecule has 0 heterocycles. The first-order chi connectivity index (χ1) is 8.36. The Morgan fingerprint density at radius 3 is 2.22 bits per heavy atom. The van der Waals surface area contributed by atoms with E-state index in [1.807, 2.05) is 0 Å². The average molecular weight is 247 g/mol. The van der Waals surface area contributed by atoms with Gasteiger partial charge in [-0.15, -0.1) is 0 Å². The highest BCUT2D eigenvalue weighted by Gasteiger charge is 2.22. The lowest BCUT2D eigenvalue weighted by atomic mass is 9.80. The predicted octanol–water partition coefficient (Wildman–Crippen LogP) is 4.68. The normalized spacial score (nSPS) is 13.9. The summed E-state index contributed by atoms with van der Waals surface area (Å²) in [6.07, 6.45) is 1.20. The van der Waals surface area contributed by atoms with Crippen molar-refractivity contribution < 1.29 is 0 Å². The number of hydrogen-bond acceptors (Lipinski definition) is 1. The summed E-state index contributed by atoms with van der Waals surface area (Å²) in [6.45, 7) is 14.7. The fraction of sp³-hybridized carbons (Fsp3) is 0.647. The van der Waals surface area contributed by atoms with Gasteiger partial charge in [0, 0.05) is 6.04 Å². The molecule has 0 aliphatic heterocycles. The van der Waals surface area contributed by atoms with Gasteiger partial charge in [-0.2, -0.15) is 0 Å². The lowest BCUT2D eigenvalue weighted by Gasteiger charge is -2.29. The first-order valence-corrected chi connectivity index (χ1v) is 7.19. The smallest absolute Gasteiger partial charge is 0.0325 e. The number of hydrogen-bond donors (Lipinski definition) is 1. The Bertz CT molecular complexity index is 360. The van der Waals surface area contributed by atoms with Crippen molar-refractivity contribution >= 4 is 0 Å². The molecule has 18 heavy (non-hydrogen) atoms. The summed E-state index contributed by atoms with van der Waals surface area (Å²) in [5.41, 5.74) is 3.15. The van der Waals surface area contributed by atoms with Crippen molar-refractivity contribution in [2.75, 3.05) is 6.54 Å². The molecule has 0 aliphatic carbocycles. The van der Waals surface area contributed by atoms with Crippen LogP contribution in [0, 0.1) is 5.92 Å². The van der Waals surface area contributed by atoms with Crippen molar-refractivity contribution in [2.24, 2.45) is 5.92 Å². The van der Waals surface area contributed by atoms with Crippen LogP contribution in [0.3, 0.4) is 0 Å². The molecule has 0 aliphatic rings. The summed E-state index contributed by atoms with van der Waals surface area (Å²) in [7, 11) is 0. The zero-order valence-electron chi connectivity index (χ0n) is 12.9. The highest BCUT2D eigenvalue weighted by molar-refractivity contribution is 5.35. The molecule has 0 radical (unpaired) electrons. The van der Waals surface area contributed by atoms with Crippen LogP contribution >= 0.6 is 0 Å². The minimum atomic E-state index is 0.210. The van der Waals surface area contributed by atoms with E-state index < -0.39 is 0 Å². The molecule has 0 saturated heterocycles. The number of benzene rings is 1. The summed E-state index contributed by atoms with van der Waals surface area (Å²) in [4.78, 5) is 0. The third kappa shape index (κ3) is 4.13. The van der Waals surface area contributed by atoms with E-state index >= 15 is 0 Å². The second kappa shape index (κ2) is 6.38. The SMILES string of the molecule is CCNC(CC(C)C)c1ccccc1C(C)(C)C. The lowest BCUT2D eigenvalue weighted by molar-refractivity contribution is 0.429. The van der Waals surface area contributed by atoms with Crippen LogP contribution in [-0.4, -0.2) is 6.54 Å². The van der Waals surface area contributed by atoms with Crippen LogP contribution in [0.4, 0.5) is 0 Å². The largest absolute Gasteiger partial charge is 0.310 e. The van der Waals surface area contributed by atoms with Gasteiger partial charge in [-0.3, -0.25) is 0 Å². The third-order valence-corrected chi connectivity index (χ3v) is 3.30. The Kier molecular flexibility index (Phi) is 5.40. The van der Waals surface area contributed by atoms with Gasteiger partial charge in [0.25, 0.3) is 0 Å². The Hall–Kier alpha value is -0.820. The van der Waals surface area contributed by atoms with E-state index in [1.165, 1.54) is 17.5 Å². The standard InChI is InChI=1S/C17H29N/c1-7-18-16(12-13(2)3)14-10-8-9-11-15(14)17(4,5)6/h8-11,13,16,18H,7,12H2,1-6H3. The van der Waals surface area contributed by atoms with Gasteiger partial charge in [0.2, 0.25) is 0 Å². The van der Waals surface area contributed by atoms with Crippen LogP contribution < -0.4 is 5.32 Å². The van der Waals surface area contributed by atoms with E-state index in [0.717, 1.165) is 6.54 Å². The molecule has 0 bridgehead atoms. The van der Waals surface area contributed by atoms with E-state index in [0.29, 0.717) is 12.0 Å². The predicted molar refractivity (Wildman–Crippen MR) is 81.0 cm³/mol. The van der Waals surface area contributed by atoms with Crippen LogP contribution in [0.1, 0.15) is 65.1 Å². The van der Waals surface area contributed by atoms with Gasteiger partial charge in [-0.25, -0.2) is 0 Å². The third-order valence-electron chi connectivity index (χ3n) is 3.30. The number of rotatable bonds is 5. The molecule has 1 nitrogen and oxygen atoms in total. The van der Waals surface area contributed by atoms with Gasteiger partial charge >= 0.3 is 0 Å². The quantitative estimate of drug-likeness (QED) is 0.796. The molecule has 1 aromatic rings. The topological polar surface area (TPSA) is 12.0 Å². The van der Waals surface area contributed by atoms with Gasteiger partial charge in [-0.05, 0) is 35.4 Å². The van der Waals surface area contributed by atoms with E-state index in [4.69, 9.17) is 0 Å². The molecular weight excluding hydrogens is 218 g/mol. The van der Waals surface area contributed by atoms with E-state index in [2.05, 4.69) is 71.1 Å². The number of nitrogens with one attached hydrogen (secondary N) is 1. The van der Waals surface area contributed by atoms with Crippen molar-refractivity contribution in [3.05, 3.63) is 35.4 Å². The molecule has 0 saturated carbocycles. The van der Waals surface area contributed by atoms with Crippen LogP contribution in [0.25, 0.3) is 0 Å². The van der Waals surface area contributed by atoms with E-state index in [9.17, 15) is 0 Å². The monoisotopic (exact) mass is 247 g/mol. The second-order valence-electron chi connectivity index (χ2n) is 6.58. The van der Waals surface area contributed by atoms with Crippen LogP contribution in [0.15, 0.2) is 24.3 Å². The van der Waals surface area contributed by atoms with Crippen LogP contribution in [-0.2, 0) is 5.41 Å². The maximum atomic E-state index is 3.64. The molecule has 1 unspecified atom stereocenters. The Balaban J connectivity index is 3.11. The maximum absolute atomic E-state index is 3.64. The van der Waals surface area contributed by atoms with Gasteiger partial charge in [0.15, 0.2) is 0 Å². The zero-order valence-corrected chi connectivity index (χ0v) is 12.9. The van der Waals surface area contributed by atoms with Gasteiger partial charge in [0.05, 0.1) is 0 Å². The van der Waals surface area contributed by atoms with Crippen molar-refractivity contribution in [2.45, 2.75) is 59.4 Å². The fourth-order valence-corrected chi connectivity index (χ4v) is 2.52. The Morgan fingerprint density at radius 1 is 1.11 bits per heavy atom. The van der Waals surface area contributed by atoms with Gasteiger partial charge < -0.3 is 5.32 Å². The summed E-state index contributed by atoms with van der Waals surface area (Å²) < 4.78 is 0. The van der Waals surface area contributed by atoms with Gasteiger partial charge in [-0.1, -0.05) is 65.8 Å². The molecule has 1 N–H and O–H groups in total. The molecule has 0 amide bonds. The van der Waals surface area contributed by atoms with E-state index in [-0.39, 0.29) is 5.41 Å². The molecule has 1 atom stereocenters. The average Bonchev–Trinajstić information content (AvgIpc) is 2.27. The first kappa shape index (κ1) is 15.2. The van der Waals surface area contributed by atoms with Crippen molar-refractivity contribution in [1.82, 2.24) is 5.32 Å². The molecule has 1 aromatic carbocycles. The summed E-state index contributed by atoms with van der Waals surface area (Å²) in [6, 6.07) is 9.36. The molecular formula is C17H29N. The minimum absolute atomic E-state index is 0.210. The Labute approximate surface area is 113 Å². The summed E-state index contributed by atoms with van der Waals surface area (Å²) in [5.74, 6) is 0.710. The molecule has 1 heteroatoms. The molecule has 1 rings (SSSR count).